The SMILES string of the molecule is CC1C=Cc2c(c3c(ccc4c5ccccc5n(-c5ccccc5-c5cc(-c6ccccc6)cc(-c6ccccc6)c5)c43)n2-c2nc(-c3ccccc3)nc(-c3ccccc3)n2)C1. The molecule has 1 aliphatic carbocycles. The van der Waals surface area contributed by atoms with Gasteiger partial charge in [-0.05, 0) is 88.2 Å². The fourth-order valence-corrected chi connectivity index (χ4v) is 9.60. The highest BCUT2D eigenvalue weighted by atomic mass is 15.2. The monoisotopic (exact) mass is 807 g/mol. The Morgan fingerprint density at radius 1 is 0.444 bits per heavy atom. The van der Waals surface area contributed by atoms with Gasteiger partial charge in [0.05, 0.1) is 27.9 Å². The lowest BCUT2D eigenvalue weighted by atomic mass is 9.92. The normalized spacial score (nSPS) is 13.5. The van der Waals surface area contributed by atoms with E-state index in [1.54, 1.807) is 0 Å². The highest BCUT2D eigenvalue weighted by Gasteiger charge is 2.28. The second kappa shape index (κ2) is 15.1. The van der Waals surface area contributed by atoms with E-state index in [4.69, 9.17) is 15.0 Å². The molecule has 1 atom stereocenters. The Hall–Kier alpha value is -8.15. The van der Waals surface area contributed by atoms with Crippen molar-refractivity contribution in [2.45, 2.75) is 13.3 Å². The van der Waals surface area contributed by atoms with Gasteiger partial charge in [0.15, 0.2) is 11.6 Å². The Balaban J connectivity index is 1.16. The summed E-state index contributed by atoms with van der Waals surface area (Å²) in [6.07, 6.45) is 5.49. The van der Waals surface area contributed by atoms with Gasteiger partial charge in [-0.15, -0.1) is 0 Å². The van der Waals surface area contributed by atoms with Gasteiger partial charge in [0, 0.05) is 32.8 Å². The molecule has 3 heterocycles. The standard InChI is InChI=1S/C58H41N5/c1-38-30-32-52-49(34-38)54-53(63(52)58-60-56(41-22-10-4-11-23-41)59-57(61-58)42-24-12-5-13-25-42)33-31-48-47-27-15-17-29-51(47)62(55(48)54)50-28-16-14-26-46(50)45-36-43(39-18-6-2-7-19-39)35-44(37-45)40-20-8-3-9-21-40/h2-33,35-38H,34H2,1H3. The van der Waals surface area contributed by atoms with Crippen LogP contribution in [0.15, 0.2) is 206 Å². The minimum absolute atomic E-state index is 0.354. The molecule has 0 spiro atoms. The summed E-state index contributed by atoms with van der Waals surface area (Å²) in [7, 11) is 0. The molecule has 0 bridgehead atoms. The van der Waals surface area contributed by atoms with E-state index in [1.165, 1.54) is 49.5 Å². The number of allylic oxidation sites excluding steroid dienone is 1. The third kappa shape index (κ3) is 6.28. The van der Waals surface area contributed by atoms with Crippen molar-refractivity contribution in [1.29, 1.82) is 0 Å². The molecular formula is C58H41N5. The number of nitrogens with zero attached hydrogens (tertiary/aromatic N) is 5. The number of hydrogen-bond donors (Lipinski definition) is 0. The molecule has 298 valence electrons. The molecule has 0 fully saturated rings. The Labute approximate surface area is 366 Å². The summed E-state index contributed by atoms with van der Waals surface area (Å²) in [6.45, 7) is 2.31. The molecule has 0 aliphatic heterocycles. The zero-order valence-electron chi connectivity index (χ0n) is 34.7. The summed E-state index contributed by atoms with van der Waals surface area (Å²) in [6, 6.07) is 71.2. The maximum Gasteiger partial charge on any atom is 0.238 e. The number of rotatable bonds is 7. The van der Waals surface area contributed by atoms with Gasteiger partial charge < -0.3 is 4.57 Å². The van der Waals surface area contributed by atoms with Gasteiger partial charge in [-0.2, -0.15) is 9.97 Å². The fourth-order valence-electron chi connectivity index (χ4n) is 9.60. The van der Waals surface area contributed by atoms with E-state index < -0.39 is 0 Å². The molecule has 3 aromatic heterocycles. The maximum absolute atomic E-state index is 5.27. The van der Waals surface area contributed by atoms with E-state index in [-0.39, 0.29) is 0 Å². The van der Waals surface area contributed by atoms with Crippen LogP contribution in [0, 0.1) is 5.92 Å². The molecule has 12 rings (SSSR count). The number of aromatic nitrogens is 5. The second-order valence-electron chi connectivity index (χ2n) is 16.5. The predicted octanol–water partition coefficient (Wildman–Crippen LogP) is 14.5. The van der Waals surface area contributed by atoms with Gasteiger partial charge in [-0.3, -0.25) is 4.57 Å². The van der Waals surface area contributed by atoms with Crippen LogP contribution >= 0.6 is 0 Å². The molecule has 5 heteroatoms. The first kappa shape index (κ1) is 36.7. The lowest BCUT2D eigenvalue weighted by Crippen LogP contribution is -2.10. The Morgan fingerprint density at radius 3 is 1.62 bits per heavy atom. The number of benzene rings is 8. The molecule has 5 nitrogen and oxygen atoms in total. The summed E-state index contributed by atoms with van der Waals surface area (Å²) >= 11 is 0. The van der Waals surface area contributed by atoms with Crippen molar-refractivity contribution in [1.82, 2.24) is 24.1 Å². The van der Waals surface area contributed by atoms with Crippen molar-refractivity contribution < 1.29 is 0 Å². The molecule has 8 aromatic carbocycles. The van der Waals surface area contributed by atoms with Gasteiger partial charge >= 0.3 is 0 Å². The second-order valence-corrected chi connectivity index (χ2v) is 16.5. The van der Waals surface area contributed by atoms with E-state index in [2.05, 4.69) is 192 Å². The van der Waals surface area contributed by atoms with Crippen LogP contribution in [0.3, 0.4) is 0 Å². The molecule has 0 saturated carbocycles. The lowest BCUT2D eigenvalue weighted by Gasteiger charge is -2.17. The molecule has 1 unspecified atom stereocenters. The molecule has 1 aliphatic rings. The Bertz CT molecular complexity index is 3410. The van der Waals surface area contributed by atoms with Crippen LogP contribution in [0.1, 0.15) is 18.2 Å². The van der Waals surface area contributed by atoms with Crippen LogP contribution in [0.5, 0.6) is 0 Å². The van der Waals surface area contributed by atoms with Gasteiger partial charge in [-0.1, -0.05) is 177 Å². The largest absolute Gasteiger partial charge is 0.308 e. The summed E-state index contributed by atoms with van der Waals surface area (Å²) in [5, 5.41) is 3.64. The molecular weight excluding hydrogens is 767 g/mol. The fraction of sp³-hybridized carbons (Fsp3) is 0.0517. The number of fused-ring (bicyclic) bond motifs is 7. The molecule has 0 saturated heterocycles. The first-order chi connectivity index (χ1) is 31.2. The average Bonchev–Trinajstić information content (AvgIpc) is 3.87. The van der Waals surface area contributed by atoms with Crippen molar-refractivity contribution in [3.63, 3.8) is 0 Å². The van der Waals surface area contributed by atoms with Crippen molar-refractivity contribution in [3.05, 3.63) is 218 Å². The third-order valence-electron chi connectivity index (χ3n) is 12.5. The van der Waals surface area contributed by atoms with E-state index in [1.807, 2.05) is 36.4 Å². The predicted molar refractivity (Wildman–Crippen MR) is 260 cm³/mol. The van der Waals surface area contributed by atoms with Crippen LogP contribution in [-0.2, 0) is 6.42 Å². The Morgan fingerprint density at radius 2 is 0.984 bits per heavy atom. The third-order valence-corrected chi connectivity index (χ3v) is 12.5. The van der Waals surface area contributed by atoms with Crippen LogP contribution in [0.4, 0.5) is 0 Å². The molecule has 0 amide bonds. The first-order valence-corrected chi connectivity index (χ1v) is 21.7. The minimum Gasteiger partial charge on any atom is -0.308 e. The van der Waals surface area contributed by atoms with Crippen molar-refractivity contribution in [2.24, 2.45) is 5.92 Å². The summed E-state index contributed by atoms with van der Waals surface area (Å²) in [5.74, 6) is 2.23. The summed E-state index contributed by atoms with van der Waals surface area (Å²) in [4.78, 5) is 15.6. The number of para-hydroxylation sites is 2. The lowest BCUT2D eigenvalue weighted by molar-refractivity contribution is 0.716. The smallest absolute Gasteiger partial charge is 0.238 e. The van der Waals surface area contributed by atoms with Crippen LogP contribution < -0.4 is 0 Å². The molecule has 63 heavy (non-hydrogen) atoms. The zero-order chi connectivity index (χ0) is 41.9. The number of hydrogen-bond acceptors (Lipinski definition) is 3. The van der Waals surface area contributed by atoms with Gasteiger partial charge in [0.1, 0.15) is 0 Å². The summed E-state index contributed by atoms with van der Waals surface area (Å²) < 4.78 is 4.79. The van der Waals surface area contributed by atoms with Gasteiger partial charge in [-0.25, -0.2) is 4.98 Å². The molecule has 0 N–H and O–H groups in total. The quantitative estimate of drug-likeness (QED) is 0.161. The zero-order valence-corrected chi connectivity index (χ0v) is 34.7. The molecule has 0 radical (unpaired) electrons. The van der Waals surface area contributed by atoms with E-state index >= 15 is 0 Å². The topological polar surface area (TPSA) is 48.5 Å². The minimum atomic E-state index is 0.354. The van der Waals surface area contributed by atoms with Crippen LogP contribution in [0.2, 0.25) is 0 Å². The van der Waals surface area contributed by atoms with Gasteiger partial charge in [0.25, 0.3) is 0 Å². The van der Waals surface area contributed by atoms with Crippen LogP contribution in [-0.4, -0.2) is 24.1 Å². The van der Waals surface area contributed by atoms with Crippen molar-refractivity contribution >= 4 is 38.8 Å². The van der Waals surface area contributed by atoms with Crippen LogP contribution in [0.25, 0.3) is 107 Å². The van der Waals surface area contributed by atoms with Crippen molar-refractivity contribution in [3.8, 4) is 67.8 Å². The van der Waals surface area contributed by atoms with E-state index in [9.17, 15) is 0 Å². The first-order valence-electron chi connectivity index (χ1n) is 21.7. The maximum atomic E-state index is 5.27. The Kier molecular flexibility index (Phi) is 8.78. The van der Waals surface area contributed by atoms with Gasteiger partial charge in [0.2, 0.25) is 5.95 Å². The van der Waals surface area contributed by atoms with E-state index in [0.717, 1.165) is 51.1 Å². The van der Waals surface area contributed by atoms with Crippen molar-refractivity contribution in [2.75, 3.05) is 0 Å². The molecule has 11 aromatic rings. The average molecular weight is 808 g/mol. The highest BCUT2D eigenvalue weighted by molar-refractivity contribution is 6.20. The highest BCUT2D eigenvalue weighted by Crippen LogP contribution is 2.45. The van der Waals surface area contributed by atoms with E-state index in [0.29, 0.717) is 23.5 Å². The summed E-state index contributed by atoms with van der Waals surface area (Å²) in [5.41, 5.74) is 15.9.